The maximum atomic E-state index is 12.8. The number of fused-ring (bicyclic) bond motifs is 4. The Kier molecular flexibility index (Phi) is 2.52. The van der Waals surface area contributed by atoms with Crippen LogP contribution in [0.4, 0.5) is 0 Å². The third kappa shape index (κ3) is 1.60. The number of carbonyl (C=O) groups is 2. The van der Waals surface area contributed by atoms with Gasteiger partial charge in [-0.25, -0.2) is 0 Å². The number of phenols is 1. The summed E-state index contributed by atoms with van der Waals surface area (Å²) in [6.45, 7) is 0. The number of rotatable bonds is 0. The van der Waals surface area contributed by atoms with Crippen molar-refractivity contribution in [3.8, 4) is 5.75 Å². The van der Waals surface area contributed by atoms with E-state index in [1.807, 2.05) is 6.07 Å². The van der Waals surface area contributed by atoms with Gasteiger partial charge in [-0.05, 0) is 48.9 Å². The molecule has 2 aromatic rings. The normalized spacial score (nSPS) is 16.2. The summed E-state index contributed by atoms with van der Waals surface area (Å²) in [5.41, 5.74) is 3.69. The molecule has 1 N–H and O–H groups in total. The fourth-order valence-corrected chi connectivity index (χ4v) is 3.51. The number of carbonyl (C=O) groups excluding carboxylic acids is 2. The Hall–Kier alpha value is -2.42. The molecule has 0 unspecified atom stereocenters. The van der Waals surface area contributed by atoms with Gasteiger partial charge in [0, 0.05) is 16.7 Å². The number of ketones is 2. The minimum atomic E-state index is -0.244. The van der Waals surface area contributed by atoms with Crippen molar-refractivity contribution in [2.45, 2.75) is 25.7 Å². The van der Waals surface area contributed by atoms with Crippen LogP contribution in [0.1, 0.15) is 55.8 Å². The molecule has 0 saturated heterocycles. The minimum absolute atomic E-state index is 0.116. The van der Waals surface area contributed by atoms with Crippen molar-refractivity contribution in [3.05, 3.63) is 63.7 Å². The molecule has 104 valence electrons. The maximum Gasteiger partial charge on any atom is 0.198 e. The first-order valence-electron chi connectivity index (χ1n) is 7.24. The largest absolute Gasteiger partial charge is 0.507 e. The average Bonchev–Trinajstić information content (AvgIpc) is 2.51. The predicted octanol–water partition coefficient (Wildman–Crippen LogP) is 3.05. The molecule has 2 aliphatic carbocycles. The van der Waals surface area contributed by atoms with Gasteiger partial charge in [-0.2, -0.15) is 0 Å². The lowest BCUT2D eigenvalue weighted by atomic mass is 9.77. The smallest absolute Gasteiger partial charge is 0.198 e. The number of hydrogen-bond donors (Lipinski definition) is 1. The topological polar surface area (TPSA) is 54.4 Å². The number of aryl methyl sites for hydroxylation is 1. The first-order chi connectivity index (χ1) is 10.2. The average molecular weight is 278 g/mol. The Labute approximate surface area is 122 Å². The van der Waals surface area contributed by atoms with E-state index in [2.05, 4.69) is 0 Å². The van der Waals surface area contributed by atoms with Crippen LogP contribution in [0.3, 0.4) is 0 Å². The Morgan fingerprint density at radius 1 is 0.810 bits per heavy atom. The highest BCUT2D eigenvalue weighted by Crippen LogP contribution is 2.36. The molecule has 2 aromatic carbocycles. The van der Waals surface area contributed by atoms with Crippen LogP contribution in [0, 0.1) is 0 Å². The summed E-state index contributed by atoms with van der Waals surface area (Å²) >= 11 is 0. The summed E-state index contributed by atoms with van der Waals surface area (Å²) in [6.07, 6.45) is 4.01. The quantitative estimate of drug-likeness (QED) is 0.687. The van der Waals surface area contributed by atoms with E-state index in [1.165, 1.54) is 11.6 Å². The first-order valence-corrected chi connectivity index (χ1v) is 7.24. The van der Waals surface area contributed by atoms with Gasteiger partial charge in [0.05, 0.1) is 5.56 Å². The second kappa shape index (κ2) is 4.29. The molecular weight excluding hydrogens is 264 g/mol. The number of aromatic hydroxyl groups is 1. The van der Waals surface area contributed by atoms with Crippen molar-refractivity contribution < 1.29 is 14.7 Å². The number of benzene rings is 2. The zero-order valence-corrected chi connectivity index (χ0v) is 11.5. The van der Waals surface area contributed by atoms with E-state index in [9.17, 15) is 14.7 Å². The first kappa shape index (κ1) is 12.3. The Morgan fingerprint density at radius 2 is 1.52 bits per heavy atom. The SMILES string of the molecule is O=C1c2ccc3c(c2C(=O)c2cccc(O)c21)CCCC3. The standard InChI is InChI=1S/C18H14O3/c19-14-7-3-6-12-16(14)18(21)13-9-8-10-4-1-2-5-11(10)15(13)17(12)20/h3,6-9,19H,1-2,4-5H2. The van der Waals surface area contributed by atoms with Gasteiger partial charge in [0.15, 0.2) is 11.6 Å². The van der Waals surface area contributed by atoms with E-state index in [4.69, 9.17) is 0 Å². The molecule has 0 fully saturated rings. The van der Waals surface area contributed by atoms with E-state index in [0.29, 0.717) is 16.7 Å². The van der Waals surface area contributed by atoms with Gasteiger partial charge in [-0.3, -0.25) is 9.59 Å². The monoisotopic (exact) mass is 278 g/mol. The van der Waals surface area contributed by atoms with Gasteiger partial charge in [0.2, 0.25) is 0 Å². The summed E-state index contributed by atoms with van der Waals surface area (Å²) in [4.78, 5) is 25.5. The molecule has 0 atom stereocenters. The lowest BCUT2D eigenvalue weighted by Gasteiger charge is -2.25. The molecule has 3 nitrogen and oxygen atoms in total. The van der Waals surface area contributed by atoms with Crippen molar-refractivity contribution >= 4 is 11.6 Å². The van der Waals surface area contributed by atoms with Crippen molar-refractivity contribution in [2.24, 2.45) is 0 Å². The number of phenolic OH excluding ortho intramolecular Hbond substituents is 1. The third-order valence-electron chi connectivity index (χ3n) is 4.52. The maximum absolute atomic E-state index is 12.8. The second-order valence-electron chi connectivity index (χ2n) is 5.69. The van der Waals surface area contributed by atoms with Crippen LogP contribution in [-0.4, -0.2) is 16.7 Å². The highest BCUT2D eigenvalue weighted by atomic mass is 16.3. The zero-order valence-electron chi connectivity index (χ0n) is 11.5. The van der Waals surface area contributed by atoms with Crippen molar-refractivity contribution in [3.63, 3.8) is 0 Å². The van der Waals surface area contributed by atoms with E-state index in [1.54, 1.807) is 18.2 Å². The van der Waals surface area contributed by atoms with Crippen LogP contribution in [0.25, 0.3) is 0 Å². The zero-order chi connectivity index (χ0) is 14.6. The lowest BCUT2D eigenvalue weighted by molar-refractivity contribution is 0.0975. The molecule has 0 aliphatic heterocycles. The predicted molar refractivity (Wildman–Crippen MR) is 78.1 cm³/mol. The molecule has 0 amide bonds. The van der Waals surface area contributed by atoms with Gasteiger partial charge in [0.1, 0.15) is 5.75 Å². The Balaban J connectivity index is 2.03. The van der Waals surface area contributed by atoms with Crippen molar-refractivity contribution in [2.75, 3.05) is 0 Å². The van der Waals surface area contributed by atoms with Gasteiger partial charge >= 0.3 is 0 Å². The van der Waals surface area contributed by atoms with Crippen LogP contribution < -0.4 is 0 Å². The van der Waals surface area contributed by atoms with Crippen LogP contribution >= 0.6 is 0 Å². The molecule has 0 aromatic heterocycles. The second-order valence-corrected chi connectivity index (χ2v) is 5.69. The molecule has 0 bridgehead atoms. The van der Waals surface area contributed by atoms with Crippen LogP contribution in [0.2, 0.25) is 0 Å². The molecule has 3 heteroatoms. The summed E-state index contributed by atoms with van der Waals surface area (Å²) in [6, 6.07) is 8.40. The van der Waals surface area contributed by atoms with Crippen molar-refractivity contribution in [1.29, 1.82) is 0 Å². The summed E-state index contributed by atoms with van der Waals surface area (Å²) in [7, 11) is 0. The third-order valence-corrected chi connectivity index (χ3v) is 4.52. The van der Waals surface area contributed by atoms with Crippen LogP contribution in [0.5, 0.6) is 5.75 Å². The molecule has 0 spiro atoms. The van der Waals surface area contributed by atoms with E-state index >= 15 is 0 Å². The summed E-state index contributed by atoms with van der Waals surface area (Å²) in [5, 5.41) is 9.94. The fourth-order valence-electron chi connectivity index (χ4n) is 3.51. The highest BCUT2D eigenvalue weighted by molar-refractivity contribution is 6.29. The Bertz CT molecular complexity index is 802. The molecule has 0 saturated carbocycles. The molecule has 21 heavy (non-hydrogen) atoms. The van der Waals surface area contributed by atoms with E-state index in [-0.39, 0.29) is 22.9 Å². The van der Waals surface area contributed by atoms with E-state index in [0.717, 1.165) is 31.2 Å². The minimum Gasteiger partial charge on any atom is -0.507 e. The lowest BCUT2D eigenvalue weighted by Crippen LogP contribution is -2.24. The van der Waals surface area contributed by atoms with Crippen molar-refractivity contribution in [1.82, 2.24) is 0 Å². The van der Waals surface area contributed by atoms with Crippen LogP contribution in [0.15, 0.2) is 30.3 Å². The van der Waals surface area contributed by atoms with Gasteiger partial charge < -0.3 is 5.11 Å². The molecule has 4 rings (SSSR count). The van der Waals surface area contributed by atoms with E-state index < -0.39 is 0 Å². The Morgan fingerprint density at radius 3 is 2.38 bits per heavy atom. The summed E-state index contributed by atoms with van der Waals surface area (Å²) < 4.78 is 0. The van der Waals surface area contributed by atoms with Gasteiger partial charge in [-0.15, -0.1) is 0 Å². The molecule has 0 heterocycles. The number of hydrogen-bond acceptors (Lipinski definition) is 3. The molecular formula is C18H14O3. The summed E-state index contributed by atoms with van der Waals surface area (Å²) in [5.74, 6) is -0.491. The van der Waals surface area contributed by atoms with Gasteiger partial charge in [-0.1, -0.05) is 18.2 Å². The molecule has 2 aliphatic rings. The van der Waals surface area contributed by atoms with Gasteiger partial charge in [0.25, 0.3) is 0 Å². The molecule has 0 radical (unpaired) electrons. The van der Waals surface area contributed by atoms with Crippen LogP contribution in [-0.2, 0) is 12.8 Å². The highest BCUT2D eigenvalue weighted by Gasteiger charge is 2.34. The fraction of sp³-hybridized carbons (Fsp3) is 0.222.